The van der Waals surface area contributed by atoms with Crippen molar-refractivity contribution in [1.29, 1.82) is 0 Å². The first kappa shape index (κ1) is 24.4. The zero-order valence-corrected chi connectivity index (χ0v) is 20.3. The van der Waals surface area contributed by atoms with E-state index in [4.69, 9.17) is 9.47 Å². The molecule has 10 nitrogen and oxygen atoms in total. The van der Waals surface area contributed by atoms with E-state index in [1.807, 2.05) is 18.7 Å². The summed E-state index contributed by atoms with van der Waals surface area (Å²) in [7, 11) is -3.71. The summed E-state index contributed by atoms with van der Waals surface area (Å²) in [5, 5.41) is 2.93. The molecule has 1 aromatic heterocycles. The number of nitrogens with zero attached hydrogens (tertiary/aromatic N) is 4. The Morgan fingerprint density at radius 3 is 2.62 bits per heavy atom. The molecule has 1 amide bonds. The van der Waals surface area contributed by atoms with E-state index in [-0.39, 0.29) is 22.8 Å². The zero-order chi connectivity index (χ0) is 24.1. The Hall–Kier alpha value is -2.76. The molecule has 0 saturated carbocycles. The molecule has 2 aromatic rings. The third kappa shape index (κ3) is 5.65. The lowest BCUT2D eigenvalue weighted by Crippen LogP contribution is -2.41. The number of aromatic nitrogens is 2. The van der Waals surface area contributed by atoms with Gasteiger partial charge in [0, 0.05) is 38.6 Å². The van der Waals surface area contributed by atoms with E-state index < -0.39 is 10.0 Å². The number of sulfonamides is 1. The van der Waals surface area contributed by atoms with Crippen molar-refractivity contribution in [2.45, 2.75) is 37.7 Å². The number of benzene rings is 1. The van der Waals surface area contributed by atoms with E-state index in [0.29, 0.717) is 50.2 Å². The molecule has 34 heavy (non-hydrogen) atoms. The van der Waals surface area contributed by atoms with Gasteiger partial charge in [-0.05, 0) is 51.0 Å². The minimum Gasteiger partial charge on any atom is -0.489 e. The molecule has 2 aliphatic rings. The van der Waals surface area contributed by atoms with E-state index in [9.17, 15) is 13.2 Å². The summed E-state index contributed by atoms with van der Waals surface area (Å²) < 4.78 is 38.9. The summed E-state index contributed by atoms with van der Waals surface area (Å²) in [5.41, 5.74) is 0.348. The van der Waals surface area contributed by atoms with Gasteiger partial charge in [-0.25, -0.2) is 18.4 Å². The molecular weight excluding hydrogens is 458 g/mol. The van der Waals surface area contributed by atoms with Crippen LogP contribution in [-0.4, -0.2) is 74.1 Å². The van der Waals surface area contributed by atoms with Crippen LogP contribution in [0.5, 0.6) is 5.75 Å². The van der Waals surface area contributed by atoms with Crippen LogP contribution in [-0.2, 0) is 19.6 Å². The molecule has 3 heterocycles. The van der Waals surface area contributed by atoms with Crippen molar-refractivity contribution in [3.8, 4) is 5.75 Å². The quantitative estimate of drug-likeness (QED) is 0.629. The Balaban J connectivity index is 1.55. The van der Waals surface area contributed by atoms with Gasteiger partial charge >= 0.3 is 0 Å². The van der Waals surface area contributed by atoms with Crippen molar-refractivity contribution in [3.63, 3.8) is 0 Å². The second kappa shape index (κ2) is 10.7. The highest BCUT2D eigenvalue weighted by atomic mass is 32.2. The van der Waals surface area contributed by atoms with Gasteiger partial charge < -0.3 is 19.7 Å². The SMILES string of the molecule is CC(C)Oc1ccc(S(=O)(=O)N2CCOCC2)cc1NC(=O)[C@@H]1CCCN(c2ncccn2)C1. The monoisotopic (exact) mass is 489 g/mol. The number of ether oxygens (including phenoxy) is 2. The highest BCUT2D eigenvalue weighted by Crippen LogP contribution is 2.31. The molecule has 0 unspecified atom stereocenters. The fourth-order valence-corrected chi connectivity index (χ4v) is 5.56. The van der Waals surface area contributed by atoms with E-state index in [0.717, 1.165) is 19.4 Å². The van der Waals surface area contributed by atoms with Gasteiger partial charge in [0.2, 0.25) is 21.9 Å². The number of nitrogens with one attached hydrogen (secondary N) is 1. The lowest BCUT2D eigenvalue weighted by Gasteiger charge is -2.32. The number of morpholine rings is 1. The second-order valence-electron chi connectivity index (χ2n) is 8.66. The third-order valence-electron chi connectivity index (χ3n) is 5.81. The number of rotatable bonds is 7. The summed E-state index contributed by atoms with van der Waals surface area (Å²) >= 11 is 0. The van der Waals surface area contributed by atoms with Gasteiger partial charge in [-0.15, -0.1) is 0 Å². The zero-order valence-electron chi connectivity index (χ0n) is 19.5. The van der Waals surface area contributed by atoms with Gasteiger partial charge in [0.05, 0.1) is 35.8 Å². The minimum atomic E-state index is -3.71. The van der Waals surface area contributed by atoms with Crippen LogP contribution in [0.4, 0.5) is 11.6 Å². The van der Waals surface area contributed by atoms with Gasteiger partial charge in [-0.2, -0.15) is 4.31 Å². The molecular formula is C23H31N5O5S. The lowest BCUT2D eigenvalue weighted by atomic mass is 9.97. The Labute approximate surface area is 200 Å². The number of carbonyl (C=O) groups excluding carboxylic acids is 1. The van der Waals surface area contributed by atoms with Gasteiger partial charge in [0.15, 0.2) is 0 Å². The Kier molecular flexibility index (Phi) is 7.64. The maximum absolute atomic E-state index is 13.2. The summed E-state index contributed by atoms with van der Waals surface area (Å²) in [5.74, 6) is 0.560. The standard InChI is InChI=1S/C23H31N5O5S/c1-17(2)33-21-7-6-19(34(30,31)28-11-13-32-14-12-28)15-20(21)26-22(29)18-5-3-10-27(16-18)23-24-8-4-9-25-23/h4,6-9,15,17-18H,3,5,10-14,16H2,1-2H3,(H,26,29)/t18-/m1/s1. The predicted molar refractivity (Wildman–Crippen MR) is 127 cm³/mol. The molecule has 11 heteroatoms. The van der Waals surface area contributed by atoms with Crippen molar-refractivity contribution < 1.29 is 22.7 Å². The average Bonchev–Trinajstić information content (AvgIpc) is 2.86. The average molecular weight is 490 g/mol. The largest absolute Gasteiger partial charge is 0.489 e. The van der Waals surface area contributed by atoms with Crippen molar-refractivity contribution >= 4 is 27.6 Å². The van der Waals surface area contributed by atoms with Crippen LogP contribution in [0.1, 0.15) is 26.7 Å². The first-order chi connectivity index (χ1) is 16.3. The fourth-order valence-electron chi connectivity index (χ4n) is 4.12. The highest BCUT2D eigenvalue weighted by molar-refractivity contribution is 7.89. The predicted octanol–water partition coefficient (Wildman–Crippen LogP) is 2.14. The Morgan fingerprint density at radius 1 is 1.18 bits per heavy atom. The highest BCUT2D eigenvalue weighted by Gasteiger charge is 2.30. The summed E-state index contributed by atoms with van der Waals surface area (Å²) in [4.78, 5) is 23.9. The summed E-state index contributed by atoms with van der Waals surface area (Å²) in [6.45, 7) is 6.35. The molecule has 184 valence electrons. The molecule has 0 aliphatic carbocycles. The van der Waals surface area contributed by atoms with Crippen LogP contribution >= 0.6 is 0 Å². The van der Waals surface area contributed by atoms with E-state index in [1.165, 1.54) is 16.4 Å². The van der Waals surface area contributed by atoms with Gasteiger partial charge in [-0.1, -0.05) is 0 Å². The topological polar surface area (TPSA) is 114 Å². The molecule has 0 radical (unpaired) electrons. The number of piperidine rings is 1. The molecule has 2 fully saturated rings. The normalized spacial score (nSPS) is 19.7. The van der Waals surface area contributed by atoms with Crippen LogP contribution in [0, 0.1) is 5.92 Å². The Morgan fingerprint density at radius 2 is 1.91 bits per heavy atom. The maximum Gasteiger partial charge on any atom is 0.243 e. The van der Waals surface area contributed by atoms with Crippen LogP contribution in [0.3, 0.4) is 0 Å². The van der Waals surface area contributed by atoms with Crippen LogP contribution in [0.25, 0.3) is 0 Å². The molecule has 1 N–H and O–H groups in total. The molecule has 0 bridgehead atoms. The molecule has 2 aliphatic heterocycles. The maximum atomic E-state index is 13.2. The first-order valence-corrected chi connectivity index (χ1v) is 13.0. The number of hydrogen-bond acceptors (Lipinski definition) is 8. The van der Waals surface area contributed by atoms with Crippen molar-refractivity contribution in [3.05, 3.63) is 36.7 Å². The number of carbonyl (C=O) groups is 1. The van der Waals surface area contributed by atoms with Crippen LogP contribution in [0.2, 0.25) is 0 Å². The van der Waals surface area contributed by atoms with E-state index in [1.54, 1.807) is 24.5 Å². The molecule has 1 atom stereocenters. The number of hydrogen-bond donors (Lipinski definition) is 1. The molecule has 4 rings (SSSR count). The van der Waals surface area contributed by atoms with E-state index in [2.05, 4.69) is 15.3 Å². The van der Waals surface area contributed by atoms with Crippen LogP contribution in [0.15, 0.2) is 41.6 Å². The van der Waals surface area contributed by atoms with Crippen molar-refractivity contribution in [1.82, 2.24) is 14.3 Å². The Bertz CT molecular complexity index is 1090. The number of amides is 1. The van der Waals surface area contributed by atoms with Crippen molar-refractivity contribution in [2.75, 3.05) is 49.6 Å². The molecule has 2 saturated heterocycles. The smallest absolute Gasteiger partial charge is 0.243 e. The van der Waals surface area contributed by atoms with Crippen molar-refractivity contribution in [2.24, 2.45) is 5.92 Å². The van der Waals surface area contributed by atoms with Gasteiger partial charge in [-0.3, -0.25) is 4.79 Å². The fraction of sp³-hybridized carbons (Fsp3) is 0.522. The second-order valence-corrected chi connectivity index (χ2v) is 10.6. The first-order valence-electron chi connectivity index (χ1n) is 11.6. The van der Waals surface area contributed by atoms with Gasteiger partial charge in [0.1, 0.15) is 5.75 Å². The molecule has 1 aromatic carbocycles. The minimum absolute atomic E-state index is 0.115. The van der Waals surface area contributed by atoms with Crippen LogP contribution < -0.4 is 15.0 Å². The van der Waals surface area contributed by atoms with Gasteiger partial charge in [0.25, 0.3) is 0 Å². The van der Waals surface area contributed by atoms with E-state index >= 15 is 0 Å². The number of anilines is 2. The summed E-state index contributed by atoms with van der Waals surface area (Å²) in [6.07, 6.45) is 4.78. The lowest BCUT2D eigenvalue weighted by molar-refractivity contribution is -0.120. The third-order valence-corrected chi connectivity index (χ3v) is 7.70. The molecule has 0 spiro atoms. The summed E-state index contributed by atoms with van der Waals surface area (Å²) in [6, 6.07) is 6.37.